The second kappa shape index (κ2) is 5.68. The first-order valence-electron chi connectivity index (χ1n) is 8.75. The number of rotatable bonds is 3. The van der Waals surface area contributed by atoms with Crippen LogP contribution in [0.1, 0.15) is 56.1 Å². The van der Waals surface area contributed by atoms with Crippen LogP contribution in [0.25, 0.3) is 0 Å². The van der Waals surface area contributed by atoms with Gasteiger partial charge in [-0.1, -0.05) is 25.5 Å². The molecule has 4 heteroatoms. The first-order chi connectivity index (χ1) is 11.5. The first kappa shape index (κ1) is 15.8. The Hall–Kier alpha value is -1.71. The molecule has 0 amide bonds. The normalized spacial score (nSPS) is 31.3. The lowest BCUT2D eigenvalue weighted by Gasteiger charge is -2.41. The predicted molar refractivity (Wildman–Crippen MR) is 86.9 cm³/mol. The predicted octanol–water partition coefficient (Wildman–Crippen LogP) is 5.93. The number of fused-ring (bicyclic) bond motifs is 4. The Morgan fingerprint density at radius 3 is 2.62 bits per heavy atom. The van der Waals surface area contributed by atoms with Crippen molar-refractivity contribution in [2.24, 2.45) is 11.8 Å². The van der Waals surface area contributed by atoms with Crippen molar-refractivity contribution in [3.05, 3.63) is 52.4 Å². The average molecular weight is 334 g/mol. The topological polar surface area (TPSA) is 9.23 Å². The summed E-state index contributed by atoms with van der Waals surface area (Å²) in [6.07, 6.45) is 4.69. The van der Waals surface area contributed by atoms with Gasteiger partial charge in [-0.15, -0.1) is 0 Å². The second-order valence-corrected chi connectivity index (χ2v) is 7.22. The van der Waals surface area contributed by atoms with E-state index in [0.29, 0.717) is 18.1 Å². The minimum absolute atomic E-state index is 0.0864. The van der Waals surface area contributed by atoms with Crippen LogP contribution in [-0.4, -0.2) is 6.61 Å². The van der Waals surface area contributed by atoms with Crippen LogP contribution in [0.5, 0.6) is 5.75 Å². The van der Waals surface area contributed by atoms with Gasteiger partial charge in [-0.05, 0) is 48.8 Å². The molecule has 1 nitrogen and oxygen atoms in total. The van der Waals surface area contributed by atoms with Crippen LogP contribution >= 0.6 is 0 Å². The van der Waals surface area contributed by atoms with E-state index in [2.05, 4.69) is 6.92 Å². The fraction of sp³-hybridized carbons (Fsp3) is 0.500. The summed E-state index contributed by atoms with van der Waals surface area (Å²) in [7, 11) is 0. The van der Waals surface area contributed by atoms with Gasteiger partial charge < -0.3 is 4.74 Å². The van der Waals surface area contributed by atoms with E-state index < -0.39 is 23.4 Å². The minimum Gasteiger partial charge on any atom is -0.491 e. The van der Waals surface area contributed by atoms with Crippen LogP contribution in [0.3, 0.4) is 0 Å². The number of halogens is 3. The van der Waals surface area contributed by atoms with Gasteiger partial charge in [0.05, 0.1) is 12.5 Å². The van der Waals surface area contributed by atoms with Crippen molar-refractivity contribution in [3.63, 3.8) is 0 Å². The molecule has 3 aliphatic rings. The van der Waals surface area contributed by atoms with Gasteiger partial charge in [0.15, 0.2) is 17.4 Å². The SMILES string of the molecule is CCOc1ccc2c(c1F)C1C(F)=C(F)C(C3CCC(C)C3)=CC21. The summed E-state index contributed by atoms with van der Waals surface area (Å²) in [5.74, 6) is -2.46. The summed E-state index contributed by atoms with van der Waals surface area (Å²) in [6.45, 7) is 4.24. The van der Waals surface area contributed by atoms with Crippen molar-refractivity contribution in [2.75, 3.05) is 6.61 Å². The maximum absolute atomic E-state index is 14.7. The zero-order chi connectivity index (χ0) is 17.0. The maximum Gasteiger partial charge on any atom is 0.169 e. The Morgan fingerprint density at radius 1 is 1.17 bits per heavy atom. The van der Waals surface area contributed by atoms with Crippen LogP contribution in [0.15, 0.2) is 35.4 Å². The van der Waals surface area contributed by atoms with E-state index in [1.54, 1.807) is 19.1 Å². The molecule has 0 radical (unpaired) electrons. The highest BCUT2D eigenvalue weighted by Crippen LogP contribution is 2.59. The van der Waals surface area contributed by atoms with Gasteiger partial charge in [-0.2, -0.15) is 0 Å². The smallest absolute Gasteiger partial charge is 0.169 e. The summed E-state index contributed by atoms with van der Waals surface area (Å²) < 4.78 is 49.1. The molecular weight excluding hydrogens is 313 g/mol. The lowest BCUT2D eigenvalue weighted by molar-refractivity contribution is 0.313. The molecule has 0 aromatic heterocycles. The summed E-state index contributed by atoms with van der Waals surface area (Å²) in [5.41, 5.74) is 1.51. The van der Waals surface area contributed by atoms with Crippen LogP contribution in [0.4, 0.5) is 13.2 Å². The molecule has 3 aliphatic carbocycles. The fourth-order valence-corrected chi connectivity index (χ4v) is 4.54. The van der Waals surface area contributed by atoms with Gasteiger partial charge in [0.1, 0.15) is 5.83 Å². The van der Waals surface area contributed by atoms with Gasteiger partial charge in [-0.3, -0.25) is 0 Å². The molecule has 1 fully saturated rings. The second-order valence-electron chi connectivity index (χ2n) is 7.22. The molecule has 0 saturated heterocycles. The molecule has 1 aromatic rings. The van der Waals surface area contributed by atoms with Crippen molar-refractivity contribution in [3.8, 4) is 5.75 Å². The third-order valence-corrected chi connectivity index (χ3v) is 5.74. The molecule has 0 heterocycles. The summed E-state index contributed by atoms with van der Waals surface area (Å²) in [6, 6.07) is 3.37. The number of ether oxygens (including phenoxy) is 1. The maximum atomic E-state index is 14.7. The molecule has 1 aromatic carbocycles. The fourth-order valence-electron chi connectivity index (χ4n) is 4.54. The zero-order valence-corrected chi connectivity index (χ0v) is 13.9. The summed E-state index contributed by atoms with van der Waals surface area (Å²) >= 11 is 0. The molecule has 0 N–H and O–H groups in total. The van der Waals surface area contributed by atoms with E-state index in [-0.39, 0.29) is 23.1 Å². The highest BCUT2D eigenvalue weighted by atomic mass is 19.2. The number of hydrogen-bond donors (Lipinski definition) is 0. The molecule has 1 saturated carbocycles. The zero-order valence-electron chi connectivity index (χ0n) is 13.9. The van der Waals surface area contributed by atoms with E-state index in [1.807, 2.05) is 6.08 Å². The van der Waals surface area contributed by atoms with Crippen LogP contribution in [-0.2, 0) is 0 Å². The molecular formula is C20H21F3O. The van der Waals surface area contributed by atoms with Crippen molar-refractivity contribution in [2.45, 2.75) is 44.9 Å². The highest BCUT2D eigenvalue weighted by molar-refractivity contribution is 5.60. The Bertz CT molecular complexity index is 749. The van der Waals surface area contributed by atoms with Gasteiger partial charge in [0.25, 0.3) is 0 Å². The van der Waals surface area contributed by atoms with Crippen molar-refractivity contribution < 1.29 is 17.9 Å². The number of allylic oxidation sites excluding steroid dienone is 4. The van der Waals surface area contributed by atoms with Crippen molar-refractivity contribution >= 4 is 0 Å². The molecule has 128 valence electrons. The van der Waals surface area contributed by atoms with E-state index in [9.17, 15) is 13.2 Å². The Labute approximate surface area is 140 Å². The Morgan fingerprint density at radius 2 is 1.96 bits per heavy atom. The monoisotopic (exact) mass is 334 g/mol. The van der Waals surface area contributed by atoms with Crippen LogP contribution in [0, 0.1) is 17.7 Å². The van der Waals surface area contributed by atoms with E-state index in [1.165, 1.54) is 0 Å². The van der Waals surface area contributed by atoms with Gasteiger partial charge in [0.2, 0.25) is 0 Å². The number of benzene rings is 1. The molecule has 4 rings (SSSR count). The number of hydrogen-bond acceptors (Lipinski definition) is 1. The average Bonchev–Trinajstić information content (AvgIpc) is 2.96. The molecule has 0 bridgehead atoms. The minimum atomic E-state index is -0.831. The van der Waals surface area contributed by atoms with Gasteiger partial charge in [-0.25, -0.2) is 13.2 Å². The Balaban J connectivity index is 1.74. The van der Waals surface area contributed by atoms with E-state index in [0.717, 1.165) is 24.8 Å². The van der Waals surface area contributed by atoms with Gasteiger partial charge >= 0.3 is 0 Å². The lowest BCUT2D eigenvalue weighted by Crippen LogP contribution is -2.29. The van der Waals surface area contributed by atoms with E-state index in [4.69, 9.17) is 4.74 Å². The lowest BCUT2D eigenvalue weighted by atomic mass is 9.63. The largest absolute Gasteiger partial charge is 0.491 e. The summed E-state index contributed by atoms with van der Waals surface area (Å²) in [5, 5.41) is 0. The standard InChI is InChI=1S/C20H21F3O/c1-3-24-15-7-6-12-14-9-13(11-5-4-10(2)8-11)18(21)20(23)17(14)16(12)19(15)22/h6-7,9-11,14,17H,3-5,8H2,1-2H3. The van der Waals surface area contributed by atoms with E-state index >= 15 is 0 Å². The third kappa shape index (κ3) is 2.15. The quantitative estimate of drug-likeness (QED) is 0.665. The van der Waals surface area contributed by atoms with Crippen molar-refractivity contribution in [1.82, 2.24) is 0 Å². The Kier molecular flexibility index (Phi) is 3.74. The molecule has 0 spiro atoms. The summed E-state index contributed by atoms with van der Waals surface area (Å²) in [4.78, 5) is 0. The molecule has 0 aliphatic heterocycles. The molecule has 4 atom stereocenters. The van der Waals surface area contributed by atoms with Crippen molar-refractivity contribution in [1.29, 1.82) is 0 Å². The third-order valence-electron chi connectivity index (χ3n) is 5.74. The molecule has 4 unspecified atom stereocenters. The van der Waals surface area contributed by atoms with Crippen LogP contribution in [0.2, 0.25) is 0 Å². The van der Waals surface area contributed by atoms with Gasteiger partial charge in [0, 0.05) is 11.5 Å². The highest BCUT2D eigenvalue weighted by Gasteiger charge is 2.48. The van der Waals surface area contributed by atoms with Crippen LogP contribution < -0.4 is 4.74 Å². The first-order valence-corrected chi connectivity index (χ1v) is 8.75. The molecule has 24 heavy (non-hydrogen) atoms.